The minimum absolute atomic E-state index is 0.0540. The summed E-state index contributed by atoms with van der Waals surface area (Å²) >= 11 is 1.47. The Hall–Kier alpha value is -2.98. The molecule has 0 fully saturated rings. The quantitative estimate of drug-likeness (QED) is 0.382. The van der Waals surface area contributed by atoms with E-state index in [0.29, 0.717) is 29.5 Å². The number of anilines is 1. The smallest absolute Gasteiger partial charge is 0.307 e. The van der Waals surface area contributed by atoms with Gasteiger partial charge in [0.05, 0.1) is 23.9 Å². The van der Waals surface area contributed by atoms with E-state index in [0.717, 1.165) is 41.5 Å². The minimum Gasteiger partial charge on any atom is -0.489 e. The predicted octanol–water partition coefficient (Wildman–Crippen LogP) is 4.16. The van der Waals surface area contributed by atoms with Crippen molar-refractivity contribution in [2.45, 2.75) is 72.6 Å². The lowest BCUT2D eigenvalue weighted by molar-refractivity contribution is -0.155. The molecule has 0 radical (unpaired) electrons. The third-order valence-corrected chi connectivity index (χ3v) is 6.59. The lowest BCUT2D eigenvalue weighted by atomic mass is 10.1. The van der Waals surface area contributed by atoms with Crippen LogP contribution in [0.25, 0.3) is 15.7 Å². The van der Waals surface area contributed by atoms with Crippen molar-refractivity contribution in [1.82, 2.24) is 24.9 Å². The average Bonchev–Trinajstić information content (AvgIpc) is 3.37. The Morgan fingerprint density at radius 3 is 2.71 bits per heavy atom. The summed E-state index contributed by atoms with van der Waals surface area (Å²) in [6, 6.07) is 5.68. The standard InChI is InChI=1S/C25H34N6O3S/c1-15(2)33-21-8-7-17(13-19(21)26)23-27-28-24(35-23)31-16(3)18-14-30(11-9-20(18)29-31)12-10-22(32)34-25(4,5)6/h7-8,13,15H,9-12,14,26H2,1-6H3. The van der Waals surface area contributed by atoms with Gasteiger partial charge in [-0.2, -0.15) is 5.10 Å². The maximum atomic E-state index is 12.1. The molecule has 35 heavy (non-hydrogen) atoms. The number of nitrogens with zero attached hydrogens (tertiary/aromatic N) is 5. The first kappa shape index (κ1) is 25.1. The van der Waals surface area contributed by atoms with Crippen LogP contribution < -0.4 is 10.5 Å². The second-order valence-electron chi connectivity index (χ2n) is 10.1. The molecule has 3 aromatic rings. The van der Waals surface area contributed by atoms with Gasteiger partial charge in [-0.3, -0.25) is 9.69 Å². The molecule has 0 amide bonds. The number of ether oxygens (including phenoxy) is 2. The summed E-state index contributed by atoms with van der Waals surface area (Å²) in [4.78, 5) is 14.4. The van der Waals surface area contributed by atoms with Crippen molar-refractivity contribution in [3.8, 4) is 21.5 Å². The average molecular weight is 499 g/mol. The number of nitrogen functional groups attached to an aromatic ring is 1. The molecule has 0 atom stereocenters. The van der Waals surface area contributed by atoms with Gasteiger partial charge < -0.3 is 15.2 Å². The van der Waals surface area contributed by atoms with Crippen molar-refractivity contribution in [2.75, 3.05) is 18.8 Å². The fraction of sp³-hybridized carbons (Fsp3) is 0.520. The zero-order valence-corrected chi connectivity index (χ0v) is 22.1. The number of rotatable bonds is 7. The summed E-state index contributed by atoms with van der Waals surface area (Å²) < 4.78 is 13.1. The van der Waals surface area contributed by atoms with Gasteiger partial charge in [0, 0.05) is 42.9 Å². The molecule has 0 saturated heterocycles. The number of nitrogens with two attached hydrogens (primary N) is 1. The second-order valence-corrected chi connectivity index (χ2v) is 11.1. The van der Waals surface area contributed by atoms with Crippen molar-refractivity contribution >= 4 is 23.0 Å². The number of hydrogen-bond donors (Lipinski definition) is 1. The number of aromatic nitrogens is 4. The predicted molar refractivity (Wildman–Crippen MR) is 137 cm³/mol. The Bertz CT molecular complexity index is 1210. The highest BCUT2D eigenvalue weighted by molar-refractivity contribution is 7.17. The molecule has 10 heteroatoms. The van der Waals surface area contributed by atoms with E-state index in [-0.39, 0.29) is 12.1 Å². The maximum Gasteiger partial charge on any atom is 0.307 e. The summed E-state index contributed by atoms with van der Waals surface area (Å²) in [6.07, 6.45) is 1.26. The number of fused-ring (bicyclic) bond motifs is 1. The molecule has 4 rings (SSSR count). The summed E-state index contributed by atoms with van der Waals surface area (Å²) in [7, 11) is 0. The van der Waals surface area contributed by atoms with Gasteiger partial charge in [-0.05, 0) is 59.7 Å². The highest BCUT2D eigenvalue weighted by Crippen LogP contribution is 2.33. The first-order valence-corrected chi connectivity index (χ1v) is 12.7. The van der Waals surface area contributed by atoms with Crippen LogP contribution in [0.3, 0.4) is 0 Å². The second kappa shape index (κ2) is 9.94. The van der Waals surface area contributed by atoms with Gasteiger partial charge in [0.15, 0.2) is 0 Å². The van der Waals surface area contributed by atoms with Crippen LogP contribution in [0.1, 0.15) is 58.0 Å². The maximum absolute atomic E-state index is 12.1. The Morgan fingerprint density at radius 2 is 2.03 bits per heavy atom. The monoisotopic (exact) mass is 498 g/mol. The normalized spacial score (nSPS) is 14.3. The third-order valence-electron chi connectivity index (χ3n) is 5.64. The van der Waals surface area contributed by atoms with E-state index >= 15 is 0 Å². The van der Waals surface area contributed by atoms with Crippen molar-refractivity contribution < 1.29 is 14.3 Å². The molecule has 1 aromatic carbocycles. The Kier molecular flexibility index (Phi) is 7.14. The molecule has 2 N–H and O–H groups in total. The number of esters is 1. The van der Waals surface area contributed by atoms with E-state index in [1.807, 2.05) is 57.5 Å². The molecule has 0 spiro atoms. The molecule has 9 nitrogen and oxygen atoms in total. The molecular weight excluding hydrogens is 464 g/mol. The van der Waals surface area contributed by atoms with Gasteiger partial charge in [-0.1, -0.05) is 11.3 Å². The first-order valence-electron chi connectivity index (χ1n) is 11.9. The zero-order valence-electron chi connectivity index (χ0n) is 21.3. The van der Waals surface area contributed by atoms with Crippen LogP contribution in [-0.4, -0.2) is 55.6 Å². The van der Waals surface area contributed by atoms with E-state index in [9.17, 15) is 4.79 Å². The van der Waals surface area contributed by atoms with Gasteiger partial charge in [0.1, 0.15) is 16.4 Å². The summed E-state index contributed by atoms with van der Waals surface area (Å²) in [5.74, 6) is 0.502. The van der Waals surface area contributed by atoms with Gasteiger partial charge in [-0.25, -0.2) is 4.68 Å². The molecule has 1 aliphatic heterocycles. The van der Waals surface area contributed by atoms with Crippen LogP contribution in [0.5, 0.6) is 5.75 Å². The van der Waals surface area contributed by atoms with Crippen LogP contribution in [0.15, 0.2) is 18.2 Å². The summed E-state index contributed by atoms with van der Waals surface area (Å²) in [5, 5.41) is 15.1. The zero-order chi connectivity index (χ0) is 25.3. The molecular formula is C25H34N6O3S. The van der Waals surface area contributed by atoms with Crippen molar-refractivity contribution in [3.05, 3.63) is 35.2 Å². The molecule has 2 aromatic heterocycles. The summed E-state index contributed by atoms with van der Waals surface area (Å²) in [6.45, 7) is 13.9. The van der Waals surface area contributed by atoms with Crippen LogP contribution in [0.2, 0.25) is 0 Å². The van der Waals surface area contributed by atoms with E-state index in [1.54, 1.807) is 0 Å². The van der Waals surface area contributed by atoms with Crippen LogP contribution >= 0.6 is 11.3 Å². The number of carbonyl (C=O) groups is 1. The SMILES string of the molecule is Cc1c2c(nn1-c1nnc(-c3ccc(OC(C)C)c(N)c3)s1)CCN(CCC(=O)OC(C)(C)C)C2. The summed E-state index contributed by atoms with van der Waals surface area (Å²) in [5.41, 5.74) is 10.5. The molecule has 0 unspecified atom stereocenters. The molecule has 0 aliphatic carbocycles. The molecule has 0 saturated carbocycles. The van der Waals surface area contributed by atoms with Gasteiger partial charge >= 0.3 is 5.97 Å². The third kappa shape index (κ3) is 5.99. The Balaban J connectivity index is 1.46. The van der Waals surface area contributed by atoms with E-state index in [2.05, 4.69) is 22.0 Å². The van der Waals surface area contributed by atoms with Gasteiger partial charge in [0.25, 0.3) is 0 Å². The lowest BCUT2D eigenvalue weighted by Gasteiger charge is -2.27. The molecule has 188 valence electrons. The largest absolute Gasteiger partial charge is 0.489 e. The number of benzene rings is 1. The first-order chi connectivity index (χ1) is 16.5. The lowest BCUT2D eigenvalue weighted by Crippen LogP contribution is -2.33. The highest BCUT2D eigenvalue weighted by Gasteiger charge is 2.25. The van der Waals surface area contributed by atoms with Crippen molar-refractivity contribution in [1.29, 1.82) is 0 Å². The number of carbonyl (C=O) groups excluding carboxylic acids is 1. The van der Waals surface area contributed by atoms with Crippen molar-refractivity contribution in [3.63, 3.8) is 0 Å². The van der Waals surface area contributed by atoms with Crippen molar-refractivity contribution in [2.24, 2.45) is 0 Å². The van der Waals surface area contributed by atoms with E-state index < -0.39 is 5.60 Å². The number of hydrogen-bond acceptors (Lipinski definition) is 9. The van der Waals surface area contributed by atoms with Crippen LogP contribution in [0.4, 0.5) is 5.69 Å². The van der Waals surface area contributed by atoms with E-state index in [4.69, 9.17) is 20.3 Å². The molecule has 3 heterocycles. The minimum atomic E-state index is -0.458. The van der Waals surface area contributed by atoms with E-state index in [1.165, 1.54) is 16.9 Å². The van der Waals surface area contributed by atoms with Gasteiger partial charge in [0.2, 0.25) is 5.13 Å². The topological polar surface area (TPSA) is 108 Å². The fourth-order valence-corrected chi connectivity index (χ4v) is 4.89. The Labute approximate surface area is 210 Å². The van der Waals surface area contributed by atoms with Crippen LogP contribution in [0, 0.1) is 6.92 Å². The molecule has 0 bridgehead atoms. The fourth-order valence-electron chi connectivity index (χ4n) is 4.05. The van der Waals surface area contributed by atoms with Gasteiger partial charge in [-0.15, -0.1) is 10.2 Å². The van der Waals surface area contributed by atoms with Crippen LogP contribution in [-0.2, 0) is 22.5 Å². The Morgan fingerprint density at radius 1 is 1.26 bits per heavy atom. The highest BCUT2D eigenvalue weighted by atomic mass is 32.1. The molecule has 1 aliphatic rings.